The monoisotopic (exact) mass is 382 g/mol. The van der Waals surface area contributed by atoms with Crippen LogP contribution in [-0.2, 0) is 13.8 Å². The molecule has 3 N–H and O–H groups in total. The first-order valence-corrected chi connectivity index (χ1v) is 9.54. The number of nitrogens with one attached hydrogen (secondary N) is 1. The molecule has 0 aliphatic carbocycles. The standard InChI is InChI=1S/C16H19N2O7P/c1-10-8-18(16(21)17-15(10)20)14-7-12(19)13(25-14)9-24-26(22,23)11-5-3-2-4-6-11/h2-6,8,12-14,19H,7,9H2,1H3,(H,22,23)(H,17,20,21)/t12-,13+,14+/m0/s1. The summed E-state index contributed by atoms with van der Waals surface area (Å²) in [7, 11) is -4.05. The largest absolute Gasteiger partial charge is 0.390 e. The van der Waals surface area contributed by atoms with Gasteiger partial charge in [0.1, 0.15) is 12.3 Å². The Kier molecular flexibility index (Phi) is 5.27. The summed E-state index contributed by atoms with van der Waals surface area (Å²) in [4.78, 5) is 35.6. The van der Waals surface area contributed by atoms with Crippen LogP contribution in [0.2, 0.25) is 0 Å². The number of aliphatic hydroxyl groups is 1. The summed E-state index contributed by atoms with van der Waals surface area (Å²) in [6.45, 7) is 1.22. The van der Waals surface area contributed by atoms with Gasteiger partial charge in [-0.05, 0) is 19.1 Å². The minimum absolute atomic E-state index is 0.0838. The van der Waals surface area contributed by atoms with E-state index >= 15 is 0 Å². The molecule has 1 aliphatic rings. The van der Waals surface area contributed by atoms with Crippen LogP contribution in [0, 0.1) is 6.92 Å². The predicted molar refractivity (Wildman–Crippen MR) is 92.4 cm³/mol. The fourth-order valence-corrected chi connectivity index (χ4v) is 3.75. The number of benzene rings is 1. The van der Waals surface area contributed by atoms with E-state index < -0.39 is 37.3 Å². The Hall–Kier alpha value is -2.03. The highest BCUT2D eigenvalue weighted by Gasteiger charge is 2.37. The molecule has 0 spiro atoms. The van der Waals surface area contributed by atoms with Gasteiger partial charge < -0.3 is 19.3 Å². The molecule has 3 rings (SSSR count). The number of aromatic nitrogens is 2. The number of H-pyrrole nitrogens is 1. The Morgan fingerprint density at radius 2 is 2.04 bits per heavy atom. The second-order valence-corrected chi connectivity index (χ2v) is 7.88. The zero-order valence-electron chi connectivity index (χ0n) is 13.9. The smallest absolute Gasteiger partial charge is 0.358 e. The van der Waals surface area contributed by atoms with Gasteiger partial charge in [-0.2, -0.15) is 0 Å². The average Bonchev–Trinajstić information content (AvgIpc) is 2.98. The Bertz CT molecular complexity index is 940. The lowest BCUT2D eigenvalue weighted by atomic mass is 10.2. The molecule has 4 atom stereocenters. The number of hydrogen-bond donors (Lipinski definition) is 3. The number of hydrogen-bond acceptors (Lipinski definition) is 6. The Labute approximate surface area is 148 Å². The highest BCUT2D eigenvalue weighted by Crippen LogP contribution is 2.41. The van der Waals surface area contributed by atoms with Gasteiger partial charge in [-0.25, -0.2) is 4.79 Å². The minimum atomic E-state index is -4.05. The van der Waals surface area contributed by atoms with E-state index in [1.165, 1.54) is 22.9 Å². The molecule has 1 fully saturated rings. The van der Waals surface area contributed by atoms with Crippen LogP contribution >= 0.6 is 7.60 Å². The fraction of sp³-hybridized carbons (Fsp3) is 0.375. The third kappa shape index (κ3) is 3.87. The summed E-state index contributed by atoms with van der Waals surface area (Å²) in [6.07, 6.45) is -1.25. The second kappa shape index (κ2) is 7.30. The molecule has 1 saturated heterocycles. The van der Waals surface area contributed by atoms with Crippen molar-refractivity contribution in [2.75, 3.05) is 6.61 Å². The first-order chi connectivity index (χ1) is 12.3. The molecule has 0 amide bonds. The van der Waals surface area contributed by atoms with Gasteiger partial charge in [-0.1, -0.05) is 18.2 Å². The van der Waals surface area contributed by atoms with Gasteiger partial charge in [-0.3, -0.25) is 18.9 Å². The van der Waals surface area contributed by atoms with E-state index in [0.29, 0.717) is 5.56 Å². The molecule has 0 saturated carbocycles. The van der Waals surface area contributed by atoms with Crippen molar-refractivity contribution in [3.63, 3.8) is 0 Å². The van der Waals surface area contributed by atoms with Crippen LogP contribution in [-0.4, -0.2) is 38.4 Å². The highest BCUT2D eigenvalue weighted by atomic mass is 31.2. The van der Waals surface area contributed by atoms with Gasteiger partial charge in [0, 0.05) is 18.2 Å². The number of aryl methyl sites for hydroxylation is 1. The van der Waals surface area contributed by atoms with Crippen LogP contribution in [0.1, 0.15) is 18.2 Å². The van der Waals surface area contributed by atoms with Gasteiger partial charge in [0.25, 0.3) is 5.56 Å². The topological polar surface area (TPSA) is 131 Å². The maximum atomic E-state index is 12.3. The summed E-state index contributed by atoms with van der Waals surface area (Å²) in [5.41, 5.74) is -0.823. The molecular formula is C16H19N2O7P. The van der Waals surface area contributed by atoms with Crippen molar-refractivity contribution in [3.8, 4) is 0 Å². The summed E-state index contributed by atoms with van der Waals surface area (Å²) in [5.74, 6) is 0. The third-order valence-electron chi connectivity index (χ3n) is 4.16. The minimum Gasteiger partial charge on any atom is -0.390 e. The zero-order valence-corrected chi connectivity index (χ0v) is 14.8. The van der Waals surface area contributed by atoms with Gasteiger partial charge in [0.15, 0.2) is 0 Å². The molecule has 1 aliphatic heterocycles. The maximum Gasteiger partial charge on any atom is 0.358 e. The van der Waals surface area contributed by atoms with Crippen molar-refractivity contribution in [1.29, 1.82) is 0 Å². The molecule has 26 heavy (non-hydrogen) atoms. The highest BCUT2D eigenvalue weighted by molar-refractivity contribution is 7.61. The van der Waals surface area contributed by atoms with E-state index in [1.54, 1.807) is 25.1 Å². The number of aliphatic hydroxyl groups excluding tert-OH is 1. The van der Waals surface area contributed by atoms with E-state index in [1.807, 2.05) is 0 Å². The summed E-state index contributed by atoms with van der Waals surface area (Å²) in [6, 6.07) is 7.88. The molecule has 0 bridgehead atoms. The Morgan fingerprint density at radius 1 is 1.35 bits per heavy atom. The van der Waals surface area contributed by atoms with E-state index in [4.69, 9.17) is 9.26 Å². The number of nitrogens with zero attached hydrogens (tertiary/aromatic N) is 1. The molecule has 9 nitrogen and oxygen atoms in total. The molecule has 2 heterocycles. The quantitative estimate of drug-likeness (QED) is 0.622. The molecule has 1 aromatic carbocycles. The van der Waals surface area contributed by atoms with Crippen LogP contribution in [0.5, 0.6) is 0 Å². The van der Waals surface area contributed by atoms with Crippen LogP contribution in [0.3, 0.4) is 0 Å². The van der Waals surface area contributed by atoms with E-state index in [9.17, 15) is 24.2 Å². The van der Waals surface area contributed by atoms with Crippen molar-refractivity contribution < 1.29 is 23.8 Å². The van der Waals surface area contributed by atoms with E-state index in [2.05, 4.69) is 4.98 Å². The average molecular weight is 382 g/mol. The van der Waals surface area contributed by atoms with Crippen molar-refractivity contribution in [3.05, 3.63) is 62.9 Å². The lowest BCUT2D eigenvalue weighted by Crippen LogP contribution is -2.33. The zero-order chi connectivity index (χ0) is 18.9. The Balaban J connectivity index is 1.70. The molecule has 140 valence electrons. The van der Waals surface area contributed by atoms with Gasteiger partial charge >= 0.3 is 13.3 Å². The molecule has 2 aromatic rings. The lowest BCUT2D eigenvalue weighted by molar-refractivity contribution is -0.0420. The lowest BCUT2D eigenvalue weighted by Gasteiger charge is -2.18. The van der Waals surface area contributed by atoms with Crippen molar-refractivity contribution in [1.82, 2.24) is 9.55 Å². The van der Waals surface area contributed by atoms with Crippen molar-refractivity contribution in [2.24, 2.45) is 0 Å². The van der Waals surface area contributed by atoms with Crippen LogP contribution in [0.25, 0.3) is 0 Å². The van der Waals surface area contributed by atoms with Crippen LogP contribution in [0.4, 0.5) is 0 Å². The summed E-state index contributed by atoms with van der Waals surface area (Å²) >= 11 is 0. The predicted octanol–water partition coefficient (Wildman–Crippen LogP) is 0.0209. The number of ether oxygens (including phenoxy) is 1. The molecule has 1 unspecified atom stereocenters. The summed E-state index contributed by atoms with van der Waals surface area (Å²) in [5, 5.41) is 10.3. The van der Waals surface area contributed by atoms with Crippen LogP contribution < -0.4 is 16.6 Å². The van der Waals surface area contributed by atoms with E-state index in [0.717, 1.165) is 0 Å². The van der Waals surface area contributed by atoms with Crippen molar-refractivity contribution in [2.45, 2.75) is 31.8 Å². The normalized spacial score (nSPS) is 25.1. The molecule has 0 radical (unpaired) electrons. The maximum absolute atomic E-state index is 12.3. The fourth-order valence-electron chi connectivity index (χ4n) is 2.70. The first kappa shape index (κ1) is 18.8. The van der Waals surface area contributed by atoms with Gasteiger partial charge in [0.05, 0.1) is 18.0 Å². The van der Waals surface area contributed by atoms with Gasteiger partial charge in [0.2, 0.25) is 0 Å². The summed E-state index contributed by atoms with van der Waals surface area (Å²) < 4.78 is 24.2. The van der Waals surface area contributed by atoms with Gasteiger partial charge in [-0.15, -0.1) is 0 Å². The molecule has 1 aromatic heterocycles. The Morgan fingerprint density at radius 3 is 2.73 bits per heavy atom. The number of aromatic amines is 1. The van der Waals surface area contributed by atoms with E-state index in [-0.39, 0.29) is 18.3 Å². The molecular weight excluding hydrogens is 363 g/mol. The molecule has 10 heteroatoms. The van der Waals surface area contributed by atoms with Crippen molar-refractivity contribution >= 4 is 12.9 Å². The first-order valence-electron chi connectivity index (χ1n) is 7.96. The SMILES string of the molecule is Cc1cn([C@H]2C[C@H](O)[C@@H](COP(=O)(O)c3ccccc3)O2)c(=O)[nH]c1=O. The number of rotatable bonds is 5. The third-order valence-corrected chi connectivity index (χ3v) is 5.61. The second-order valence-electron chi connectivity index (χ2n) is 6.06. The van der Waals surface area contributed by atoms with Crippen LogP contribution in [0.15, 0.2) is 46.1 Å².